The third-order valence-corrected chi connectivity index (χ3v) is 17.8. The maximum Gasteiger partial charge on any atom is 0.443 e. The smallest absolute Gasteiger partial charge is 0.425 e. The summed E-state index contributed by atoms with van der Waals surface area (Å²) in [5.74, 6) is 2.53. The van der Waals surface area contributed by atoms with Crippen molar-refractivity contribution in [2.45, 2.75) is 49.4 Å². The van der Waals surface area contributed by atoms with Crippen molar-refractivity contribution in [1.82, 2.24) is 0 Å². The summed E-state index contributed by atoms with van der Waals surface area (Å²) in [6.07, 6.45) is -54.8. The van der Waals surface area contributed by atoms with Crippen LogP contribution < -0.4 is 52.5 Å². The molecule has 0 saturated carbocycles. The molecule has 0 fully saturated rings. The molecule has 4 nitrogen and oxygen atoms in total. The molecule has 0 aliphatic carbocycles. The first-order valence-electron chi connectivity index (χ1n) is 27.9. The van der Waals surface area contributed by atoms with Gasteiger partial charge >= 0.3 is 78.1 Å². The van der Waals surface area contributed by atoms with Gasteiger partial charge in [-0.15, -0.1) is 0 Å². The fourth-order valence-electron chi connectivity index (χ4n) is 11.3. The number of fused-ring (bicyclic) bond motifs is 4. The summed E-state index contributed by atoms with van der Waals surface area (Å²) >= 11 is -0.717. The van der Waals surface area contributed by atoms with Crippen LogP contribution in [-0.4, -0.2) is 6.15 Å². The molecule has 10 aromatic carbocycles. The molecule has 0 aliphatic heterocycles. The van der Waals surface area contributed by atoms with Gasteiger partial charge in [-0.2, -0.15) is 127 Å². The van der Waals surface area contributed by atoms with Gasteiger partial charge in [0.05, 0.1) is 44.5 Å². The molecule has 30 heteroatoms. The molecule has 0 spiro atoms. The van der Waals surface area contributed by atoms with E-state index < -0.39 is 216 Å². The molecular weight excluding hydrogens is 1470 g/mol. The number of hydrogen-bond acceptors (Lipinski definition) is 4. The number of furan rings is 2. The fourth-order valence-corrected chi connectivity index (χ4v) is 13.2. The van der Waals surface area contributed by atoms with Crippen LogP contribution in [0.15, 0.2) is 215 Å². The topological polar surface area (TPSA) is 44.7 Å². The molecule has 0 radical (unpaired) electrons. The van der Waals surface area contributed by atoms with E-state index in [0.29, 0.717) is 11.9 Å². The fraction of sp³-hybridized carbons (Fsp3) is 0.118. The minimum absolute atomic E-state index is 0.464. The highest BCUT2D eigenvalue weighted by Crippen LogP contribution is 2.44. The Morgan fingerprint density at radius 1 is 0.245 bits per heavy atom. The first-order chi connectivity index (χ1) is 45.5. The summed E-state index contributed by atoms with van der Waals surface area (Å²) < 4.78 is 368. The first-order valence-corrected chi connectivity index (χ1v) is 30.1. The minimum Gasteiger partial charge on any atom is -0.425 e. The molecule has 2 heterocycles. The Morgan fingerprint density at radius 2 is 0.449 bits per heavy atom. The Balaban J connectivity index is 0.000000207. The summed E-state index contributed by atoms with van der Waals surface area (Å²) in [4.78, 5) is 0. The van der Waals surface area contributed by atoms with Gasteiger partial charge in [-0.3, -0.25) is 0 Å². The number of rotatable bonds is 10. The third-order valence-electron chi connectivity index (χ3n) is 15.6. The van der Waals surface area contributed by atoms with Gasteiger partial charge in [0.2, 0.25) is 0 Å². The summed E-state index contributed by atoms with van der Waals surface area (Å²) in [6.45, 7) is 0. The molecule has 2 aromatic heterocycles. The molecule has 508 valence electrons. The van der Waals surface area contributed by atoms with Gasteiger partial charge in [0.25, 0.3) is 11.9 Å². The Kier molecular flexibility index (Phi) is 17.9. The van der Waals surface area contributed by atoms with E-state index >= 15 is 0 Å². The molecule has 0 bridgehead atoms. The normalized spacial score (nSPS) is 13.1. The van der Waals surface area contributed by atoms with Crippen LogP contribution in [0, 0.1) is 7.53 Å². The average Bonchev–Trinajstić information content (AvgIpc) is 0.764. The van der Waals surface area contributed by atoms with E-state index in [1.807, 2.05) is 72.8 Å². The maximum atomic E-state index is 14.2. The molecule has 0 unspecified atom stereocenters. The number of hydrogen-bond donors (Lipinski definition) is 0. The lowest BCUT2D eigenvalue weighted by atomic mass is 9.12. The largest absolute Gasteiger partial charge is 0.443 e. The van der Waals surface area contributed by atoms with Gasteiger partial charge in [0.15, 0.2) is 0 Å². The van der Waals surface area contributed by atoms with Crippen molar-refractivity contribution in [1.29, 1.82) is 0 Å². The number of alkyl halides is 24. The van der Waals surface area contributed by atoms with Crippen LogP contribution in [0.25, 0.3) is 43.1 Å². The van der Waals surface area contributed by atoms with Crippen molar-refractivity contribution in [2.24, 2.45) is 0 Å². The second-order valence-electron chi connectivity index (χ2n) is 21.9. The number of benzene rings is 10. The van der Waals surface area contributed by atoms with E-state index in [0.717, 1.165) is 62.1 Å². The molecule has 0 atom stereocenters. The Hall–Kier alpha value is -9.49. The standard InChI is InChI=1S/C36H22IO4.C32H12BF24/c1-5-13-27-23(9-1)21-24-10-2-6-14-28(24)35(27)40-33-19-17-31(38-33)37-32-18-20-34(39-32)41-36-29-15-7-3-11-25(29)22-26-12-4-8-16-30(26)36;34-25(35,36)13-1-14(26(37,38)39)6-21(5-13)33(22-7-15(27(40,41)42)2-16(8-22)28(43,44)45,23-9-17(29(46,47)48)3-18(10-23)30(49,50)51)24-11-19(31(52,53)54)4-20(12-24)32(55,56)57/h1-22H;1-12H/q+1;-1. The Bertz CT molecular complexity index is 4290. The number of ether oxygens (including phenoxy) is 2. The van der Waals surface area contributed by atoms with Crippen LogP contribution in [0.1, 0.15) is 44.5 Å². The van der Waals surface area contributed by atoms with E-state index in [9.17, 15) is 105 Å². The zero-order valence-electron chi connectivity index (χ0n) is 48.3. The summed E-state index contributed by atoms with van der Waals surface area (Å²) in [6, 6.07) is 36.3. The highest BCUT2D eigenvalue weighted by atomic mass is 127. The predicted molar refractivity (Wildman–Crippen MR) is 308 cm³/mol. The monoisotopic (exact) mass is 1510 g/mol. The second kappa shape index (κ2) is 25.1. The van der Waals surface area contributed by atoms with Crippen LogP contribution >= 0.6 is 0 Å². The molecule has 12 rings (SSSR count). The molecule has 12 aromatic rings. The number of halogens is 25. The maximum absolute atomic E-state index is 14.2. The van der Waals surface area contributed by atoms with Gasteiger partial charge < -0.3 is 18.3 Å². The highest BCUT2D eigenvalue weighted by molar-refractivity contribution is 7.20. The second-order valence-corrected chi connectivity index (χ2v) is 24.6. The van der Waals surface area contributed by atoms with Crippen molar-refractivity contribution in [3.05, 3.63) is 258 Å². The predicted octanol–water partition coefficient (Wildman–Crippen LogP) is 18.4. The van der Waals surface area contributed by atoms with Crippen LogP contribution in [0.4, 0.5) is 105 Å². The van der Waals surface area contributed by atoms with Crippen molar-refractivity contribution in [2.75, 3.05) is 0 Å². The van der Waals surface area contributed by atoms with Crippen molar-refractivity contribution in [3.63, 3.8) is 0 Å². The van der Waals surface area contributed by atoms with Crippen LogP contribution in [-0.2, 0) is 49.4 Å². The third kappa shape index (κ3) is 14.6. The van der Waals surface area contributed by atoms with Crippen LogP contribution in [0.2, 0.25) is 0 Å². The van der Waals surface area contributed by atoms with Crippen LogP contribution in [0.3, 0.4) is 0 Å². The lowest BCUT2D eigenvalue weighted by Crippen LogP contribution is -3.61. The molecule has 0 saturated heterocycles. The van der Waals surface area contributed by atoms with E-state index in [4.69, 9.17) is 18.3 Å². The van der Waals surface area contributed by atoms with Gasteiger partial charge in [-0.1, -0.05) is 146 Å². The van der Waals surface area contributed by atoms with E-state index in [-0.39, 0.29) is 0 Å². The van der Waals surface area contributed by atoms with E-state index in [1.165, 1.54) is 0 Å². The van der Waals surface area contributed by atoms with Crippen molar-refractivity contribution < 1.29 is 145 Å². The zero-order chi connectivity index (χ0) is 71.1. The molecule has 0 amide bonds. The first kappa shape index (κ1) is 69.9. The lowest BCUT2D eigenvalue weighted by molar-refractivity contribution is -0.636. The molecule has 0 aliphatic rings. The van der Waals surface area contributed by atoms with Gasteiger partial charge in [-0.05, 0) is 57.9 Å². The lowest BCUT2D eigenvalue weighted by Gasteiger charge is -2.46. The van der Waals surface area contributed by atoms with Crippen molar-refractivity contribution >= 4 is 71.1 Å². The van der Waals surface area contributed by atoms with E-state index in [1.54, 1.807) is 0 Å². The molecular formula is C68H34BF24IO4. The zero-order valence-corrected chi connectivity index (χ0v) is 50.4. The average molecular weight is 1510 g/mol. The summed E-state index contributed by atoms with van der Waals surface area (Å²) in [7, 11) is 0. The minimum atomic E-state index is -6.13. The Labute approximate surface area is 544 Å². The van der Waals surface area contributed by atoms with Crippen LogP contribution in [0.5, 0.6) is 23.4 Å². The molecule has 0 N–H and O–H groups in total. The summed E-state index contributed by atoms with van der Waals surface area (Å²) in [5.41, 5.74) is -30.2. The van der Waals surface area contributed by atoms with Crippen molar-refractivity contribution in [3.8, 4) is 23.4 Å². The highest BCUT2D eigenvalue weighted by Gasteiger charge is 2.47. The van der Waals surface area contributed by atoms with E-state index in [2.05, 4.69) is 60.7 Å². The molecule has 98 heavy (non-hydrogen) atoms. The van der Waals surface area contributed by atoms with Gasteiger partial charge in [0, 0.05) is 45.8 Å². The summed E-state index contributed by atoms with van der Waals surface area (Å²) in [5, 5.41) is 8.70. The SMILES string of the molecule is FC(F)(F)c1cc([B-](c2cc(C(F)(F)F)cc(C(F)(F)F)c2)(c2cc(C(F)(F)F)cc(C(F)(F)F)c2)c2cc(C(F)(F)F)cc(C(F)(F)F)c2)cc(C(F)(F)F)c1.c1ccc2c(Oc3ccc([I+]c4ccc(Oc5c6ccccc6cc6ccccc56)o4)o3)c3ccccc3cc2c1. The van der Waals surface area contributed by atoms with Gasteiger partial charge in [0.1, 0.15) is 17.6 Å². The van der Waals surface area contributed by atoms with Gasteiger partial charge in [-0.25, -0.2) is 0 Å². The quantitative estimate of drug-likeness (QED) is 0.0592. The Morgan fingerprint density at radius 3 is 0.653 bits per heavy atom.